The third-order valence-electron chi connectivity index (χ3n) is 13.7. The molecule has 1 heterocycles. The van der Waals surface area contributed by atoms with E-state index >= 15 is 4.79 Å². The van der Waals surface area contributed by atoms with Crippen LogP contribution < -0.4 is 5.32 Å². The maximum absolute atomic E-state index is 15.5. The van der Waals surface area contributed by atoms with Gasteiger partial charge in [-0.2, -0.15) is 0 Å². The summed E-state index contributed by atoms with van der Waals surface area (Å²) in [5.74, 6) is -6.65. The molecule has 16 nitrogen and oxygen atoms in total. The van der Waals surface area contributed by atoms with Crippen molar-refractivity contribution in [2.24, 2.45) is 16.7 Å². The van der Waals surface area contributed by atoms with E-state index in [9.17, 15) is 39.3 Å². The molecule has 1 aliphatic heterocycles. The van der Waals surface area contributed by atoms with Gasteiger partial charge in [-0.15, -0.1) is 0 Å². The van der Waals surface area contributed by atoms with E-state index in [1.807, 2.05) is 0 Å². The van der Waals surface area contributed by atoms with E-state index < -0.39 is 113 Å². The minimum absolute atomic E-state index is 0.0281. The molecule has 2 bridgehead atoms. The Morgan fingerprint density at radius 2 is 1.54 bits per heavy atom. The van der Waals surface area contributed by atoms with Crippen molar-refractivity contribution < 1.29 is 72.5 Å². The summed E-state index contributed by atoms with van der Waals surface area (Å²) in [5, 5.41) is 40.3. The minimum Gasteiger partial charge on any atom is -0.497 e. The molecule has 65 heavy (non-hydrogen) atoms. The zero-order valence-corrected chi connectivity index (χ0v) is 37.7. The van der Waals surface area contributed by atoms with Crippen LogP contribution in [0.15, 0.2) is 108 Å². The van der Waals surface area contributed by atoms with Crippen molar-refractivity contribution in [1.29, 1.82) is 0 Å². The maximum Gasteiger partial charge on any atom is 0.338 e. The first-order valence-electron chi connectivity index (χ1n) is 21.3. The first-order valence-corrected chi connectivity index (χ1v) is 21.3. The Morgan fingerprint density at radius 3 is 2.08 bits per heavy atom. The summed E-state index contributed by atoms with van der Waals surface area (Å²) in [7, 11) is 1.44. The number of methoxy groups -OCH3 is 1. The van der Waals surface area contributed by atoms with E-state index in [1.54, 1.807) is 63.2 Å². The van der Waals surface area contributed by atoms with Crippen LogP contribution in [-0.2, 0) is 47.6 Å². The molecule has 4 aliphatic rings. The summed E-state index contributed by atoms with van der Waals surface area (Å²) < 4.78 is 35.6. The van der Waals surface area contributed by atoms with E-state index in [2.05, 4.69) is 11.9 Å². The van der Waals surface area contributed by atoms with Gasteiger partial charge in [-0.25, -0.2) is 9.59 Å². The summed E-state index contributed by atoms with van der Waals surface area (Å²) in [5.41, 5.74) is -7.53. The van der Waals surface area contributed by atoms with Crippen LogP contribution in [0.1, 0.15) is 82.0 Å². The third-order valence-corrected chi connectivity index (χ3v) is 13.7. The summed E-state index contributed by atoms with van der Waals surface area (Å²) in [4.78, 5) is 83.8. The number of hydrogen-bond acceptors (Lipinski definition) is 15. The van der Waals surface area contributed by atoms with Gasteiger partial charge in [0.2, 0.25) is 0 Å². The number of amides is 1. The number of rotatable bonds is 13. The fraction of sp³-hybridized carbons (Fsp3) is 0.469. The predicted octanol–water partition coefficient (Wildman–Crippen LogP) is 4.03. The van der Waals surface area contributed by atoms with Gasteiger partial charge in [0.05, 0.1) is 42.8 Å². The Kier molecular flexibility index (Phi) is 13.8. The largest absolute Gasteiger partial charge is 0.497 e. The molecule has 2 aromatic rings. The molecule has 3 aliphatic carbocycles. The van der Waals surface area contributed by atoms with E-state index in [4.69, 9.17) is 28.4 Å². The van der Waals surface area contributed by atoms with Crippen LogP contribution >= 0.6 is 0 Å². The molecular formula is C49H57NO15. The van der Waals surface area contributed by atoms with Crippen molar-refractivity contribution in [3.63, 3.8) is 0 Å². The molecule has 2 aromatic carbocycles. The Hall–Kier alpha value is -5.94. The lowest BCUT2D eigenvalue weighted by atomic mass is 9.44. The number of esters is 4. The average molecular weight is 900 g/mol. The van der Waals surface area contributed by atoms with Crippen molar-refractivity contribution in [3.8, 4) is 0 Å². The number of benzene rings is 2. The highest BCUT2D eigenvalue weighted by Gasteiger charge is 2.78. The molecule has 3 fully saturated rings. The SMILES string of the molecule is C=C(/C=C\C(=C/C)OC)[C@H](NC(=O)c1ccccc1)[C@@H](O)C(=O)O[C@H]1C[C@@]2(O)[C@@H](OC(=O)c3ccccc3)[C@@H]3[C@]4(OC(C)=O)CO[C@@H]4C[C@H](O)[C@@]3(C)C(=O)[C@H](OC(C)=O)C(=C1C)C2(C)C. The topological polar surface area (TPSA) is 231 Å². The molecular weight excluding hydrogens is 843 g/mol. The number of nitrogens with one attached hydrogen (secondary N) is 1. The molecule has 6 rings (SSSR count). The molecule has 0 unspecified atom stereocenters. The number of aliphatic hydroxyl groups excluding tert-OH is 2. The van der Waals surface area contributed by atoms with Crippen LogP contribution in [0.5, 0.6) is 0 Å². The molecule has 348 valence electrons. The van der Waals surface area contributed by atoms with Crippen LogP contribution in [-0.4, -0.2) is 118 Å². The number of Topliss-reactive ketones (excluding diaryl/α,β-unsaturated/α-hetero) is 1. The molecule has 16 heteroatoms. The van der Waals surface area contributed by atoms with Crippen LogP contribution in [0.3, 0.4) is 0 Å². The summed E-state index contributed by atoms with van der Waals surface area (Å²) in [6.45, 7) is 13.6. The zero-order valence-electron chi connectivity index (χ0n) is 37.7. The quantitative estimate of drug-likeness (QED) is 0.0732. The molecule has 0 radical (unpaired) electrons. The highest BCUT2D eigenvalue weighted by Crippen LogP contribution is 2.64. The van der Waals surface area contributed by atoms with Gasteiger partial charge in [-0.05, 0) is 73.9 Å². The Balaban J connectivity index is 1.52. The first-order chi connectivity index (χ1) is 30.6. The highest BCUT2D eigenvalue weighted by atomic mass is 16.6. The normalized spacial score (nSPS) is 31.3. The monoisotopic (exact) mass is 899 g/mol. The Bertz CT molecular complexity index is 2320. The van der Waals surface area contributed by atoms with Gasteiger partial charge in [0.25, 0.3) is 5.91 Å². The van der Waals surface area contributed by atoms with Gasteiger partial charge in [-0.3, -0.25) is 19.2 Å². The molecule has 0 spiro atoms. The fourth-order valence-corrected chi connectivity index (χ4v) is 10.1. The lowest BCUT2D eigenvalue weighted by Gasteiger charge is -2.67. The number of allylic oxidation sites excluding steroid dienone is 2. The lowest BCUT2D eigenvalue weighted by Crippen LogP contribution is -2.82. The number of ketones is 1. The van der Waals surface area contributed by atoms with E-state index in [0.29, 0.717) is 5.76 Å². The number of hydrogen-bond donors (Lipinski definition) is 4. The highest BCUT2D eigenvalue weighted by molar-refractivity contribution is 5.96. The summed E-state index contributed by atoms with van der Waals surface area (Å²) in [6.07, 6.45) is -6.18. The molecule has 2 saturated carbocycles. The van der Waals surface area contributed by atoms with Crippen LogP contribution in [0, 0.1) is 16.7 Å². The van der Waals surface area contributed by atoms with Crippen molar-refractivity contribution in [1.82, 2.24) is 5.32 Å². The first kappa shape index (κ1) is 48.5. The van der Waals surface area contributed by atoms with Gasteiger partial charge in [0.1, 0.15) is 29.7 Å². The number of carbonyl (C=O) groups excluding carboxylic acids is 6. The van der Waals surface area contributed by atoms with Crippen molar-refractivity contribution in [2.75, 3.05) is 13.7 Å². The number of fused-ring (bicyclic) bond motifs is 5. The van der Waals surface area contributed by atoms with Gasteiger partial charge >= 0.3 is 23.9 Å². The van der Waals surface area contributed by atoms with Crippen LogP contribution in [0.2, 0.25) is 0 Å². The molecule has 0 aromatic heterocycles. The molecule has 1 saturated heterocycles. The minimum atomic E-state index is -2.42. The smallest absolute Gasteiger partial charge is 0.338 e. The second-order valence-corrected chi connectivity index (χ2v) is 17.7. The number of aliphatic hydroxyl groups is 3. The Morgan fingerprint density at radius 1 is 0.923 bits per heavy atom. The second-order valence-electron chi connectivity index (χ2n) is 17.7. The van der Waals surface area contributed by atoms with Gasteiger partial charge < -0.3 is 49.1 Å². The maximum atomic E-state index is 15.5. The van der Waals surface area contributed by atoms with Crippen LogP contribution in [0.25, 0.3) is 0 Å². The lowest BCUT2D eigenvalue weighted by molar-refractivity contribution is -0.346. The summed E-state index contributed by atoms with van der Waals surface area (Å²) in [6, 6.07) is 14.3. The van der Waals surface area contributed by atoms with Crippen molar-refractivity contribution in [2.45, 2.75) is 115 Å². The van der Waals surface area contributed by atoms with E-state index in [-0.39, 0.29) is 40.9 Å². The van der Waals surface area contributed by atoms with Gasteiger partial charge in [0.15, 0.2) is 23.6 Å². The molecule has 1 amide bonds. The van der Waals surface area contributed by atoms with Crippen LogP contribution in [0.4, 0.5) is 0 Å². The predicted molar refractivity (Wildman–Crippen MR) is 231 cm³/mol. The molecule has 11 atom stereocenters. The van der Waals surface area contributed by atoms with Crippen molar-refractivity contribution in [3.05, 3.63) is 119 Å². The molecule has 4 N–H and O–H groups in total. The standard InChI is InChI=1S/C49H57NO15/c1-10-32(60-9)22-21-26(2)37(50-43(56)30-17-13-11-14-18-30)38(54)45(58)63-33-24-49(59)42(64-44(57)31-19-15-12-16-20-31)40-47(8,34(53)23-35-48(40,25-61-35)65-29(5)52)41(55)39(62-28(4)51)36(27(33)3)46(49,6)7/h10-22,33-35,37-40,42,53-54,59H,2,23-25H2,1,3-9H3,(H,50,56)/b22-21-,32-10+/t33-,34-,35+,37-,38+,39+,40-,42-,47+,48-,49+/m0/s1. The Labute approximate surface area is 377 Å². The van der Waals surface area contributed by atoms with Crippen molar-refractivity contribution >= 4 is 35.6 Å². The second kappa shape index (κ2) is 18.5. The van der Waals surface area contributed by atoms with E-state index in [1.165, 1.54) is 57.4 Å². The fourth-order valence-electron chi connectivity index (χ4n) is 10.1. The zero-order chi connectivity index (χ0) is 47.8. The summed E-state index contributed by atoms with van der Waals surface area (Å²) >= 11 is 0. The van der Waals surface area contributed by atoms with E-state index in [0.717, 1.165) is 13.8 Å². The number of carbonyl (C=O) groups is 6. The van der Waals surface area contributed by atoms with Gasteiger partial charge in [-0.1, -0.05) is 62.9 Å². The average Bonchev–Trinajstić information content (AvgIpc) is 3.26. The third kappa shape index (κ3) is 8.55. The number of ether oxygens (including phenoxy) is 6. The van der Waals surface area contributed by atoms with Gasteiger partial charge in [0, 0.05) is 37.7 Å².